The standard InChI is InChI=1S/C49H46Si2/c1-49(2)45-12-10-9-11-38(45)39-25-19-34(29-46(39)49)44-30-43(32-15-22-36(23-16-32)51(6,7)8)41-26-18-33-17-24-37(40-27-28-42(44)48(41)47(33)40)31-13-20-35(21-14-31)50(3,4)5/h9-30H,1-8H3. The average molecular weight is 691 g/mol. The molecule has 0 spiro atoms. The Morgan fingerprint density at radius 3 is 1.47 bits per heavy atom. The number of hydrogen-bond acceptors (Lipinski definition) is 0. The van der Waals surface area contributed by atoms with Gasteiger partial charge in [0.25, 0.3) is 0 Å². The fourth-order valence-electron chi connectivity index (χ4n) is 8.80. The molecular formula is C49H46Si2. The molecule has 0 aromatic heterocycles. The molecule has 0 heterocycles. The molecule has 1 aliphatic carbocycles. The van der Waals surface area contributed by atoms with Crippen LogP contribution in [0.1, 0.15) is 25.0 Å². The summed E-state index contributed by atoms with van der Waals surface area (Å²) in [6.45, 7) is 19.3. The van der Waals surface area contributed by atoms with Crippen molar-refractivity contribution in [3.05, 3.63) is 145 Å². The van der Waals surface area contributed by atoms with Crippen LogP contribution in [0.2, 0.25) is 39.3 Å². The number of hydrogen-bond donors (Lipinski definition) is 0. The molecule has 9 rings (SSSR count). The smallest absolute Gasteiger partial charge is 0.0656 e. The first kappa shape index (κ1) is 32.2. The first-order valence-corrected chi connectivity index (χ1v) is 25.5. The van der Waals surface area contributed by atoms with E-state index in [0.29, 0.717) is 0 Å². The number of fused-ring (bicyclic) bond motifs is 3. The topological polar surface area (TPSA) is 0 Å². The Balaban J connectivity index is 1.33. The van der Waals surface area contributed by atoms with Crippen molar-refractivity contribution in [2.45, 2.75) is 58.5 Å². The summed E-state index contributed by atoms with van der Waals surface area (Å²) in [5, 5.41) is 11.0. The van der Waals surface area contributed by atoms with E-state index in [1.807, 2.05) is 0 Å². The van der Waals surface area contributed by atoms with Gasteiger partial charge in [-0.2, -0.15) is 0 Å². The van der Waals surface area contributed by atoms with E-state index in [9.17, 15) is 0 Å². The van der Waals surface area contributed by atoms with Crippen LogP contribution in [0.25, 0.3) is 76.8 Å². The van der Waals surface area contributed by atoms with Crippen molar-refractivity contribution < 1.29 is 0 Å². The molecule has 0 radical (unpaired) electrons. The normalized spacial score (nSPS) is 14.0. The largest absolute Gasteiger partial charge is 0.0775 e. The minimum absolute atomic E-state index is 0.0544. The van der Waals surface area contributed by atoms with E-state index in [-0.39, 0.29) is 5.41 Å². The van der Waals surface area contributed by atoms with E-state index in [4.69, 9.17) is 0 Å². The summed E-state index contributed by atoms with van der Waals surface area (Å²) in [5.74, 6) is 0. The SMILES string of the molecule is CC1(C)c2ccccc2-c2ccc(-c3cc(-c4ccc([Si](C)(C)C)cc4)c4ccc5ccc(-c6ccc([Si](C)(C)C)cc6)c6ccc3c4c56)cc21. The molecular weight excluding hydrogens is 645 g/mol. The van der Waals surface area contributed by atoms with Gasteiger partial charge >= 0.3 is 0 Å². The summed E-state index contributed by atoms with van der Waals surface area (Å²) < 4.78 is 0. The Bertz CT molecular complexity index is 2640. The zero-order chi connectivity index (χ0) is 35.4. The lowest BCUT2D eigenvalue weighted by molar-refractivity contribution is 0.660. The molecule has 0 N–H and O–H groups in total. The highest BCUT2D eigenvalue weighted by molar-refractivity contribution is 6.89. The lowest BCUT2D eigenvalue weighted by Crippen LogP contribution is -2.37. The van der Waals surface area contributed by atoms with Gasteiger partial charge in [0.05, 0.1) is 16.1 Å². The van der Waals surface area contributed by atoms with Crippen LogP contribution in [-0.4, -0.2) is 16.1 Å². The highest BCUT2D eigenvalue weighted by Crippen LogP contribution is 2.51. The second kappa shape index (κ2) is 11.1. The fourth-order valence-corrected chi connectivity index (χ4v) is 11.1. The first-order valence-electron chi connectivity index (χ1n) is 18.5. The second-order valence-electron chi connectivity index (χ2n) is 17.4. The molecule has 8 aromatic rings. The first-order chi connectivity index (χ1) is 24.3. The molecule has 8 aromatic carbocycles. The zero-order valence-corrected chi connectivity index (χ0v) is 33.2. The molecule has 0 atom stereocenters. The number of benzene rings is 8. The number of rotatable bonds is 5. The minimum Gasteiger partial charge on any atom is -0.0656 e. The van der Waals surface area contributed by atoms with Gasteiger partial charge in [-0.3, -0.25) is 0 Å². The predicted molar refractivity (Wildman–Crippen MR) is 230 cm³/mol. The van der Waals surface area contributed by atoms with Gasteiger partial charge in [0.1, 0.15) is 0 Å². The van der Waals surface area contributed by atoms with Crippen LogP contribution < -0.4 is 10.4 Å². The second-order valence-corrected chi connectivity index (χ2v) is 27.6. The van der Waals surface area contributed by atoms with Gasteiger partial charge in [-0.05, 0) is 100 Å². The fraction of sp³-hybridized carbons (Fsp3) is 0.184. The predicted octanol–water partition coefficient (Wildman–Crippen LogP) is 13.0. The van der Waals surface area contributed by atoms with Crippen molar-refractivity contribution in [1.82, 2.24) is 0 Å². The zero-order valence-electron chi connectivity index (χ0n) is 31.2. The van der Waals surface area contributed by atoms with Crippen LogP contribution in [0, 0.1) is 0 Å². The van der Waals surface area contributed by atoms with Gasteiger partial charge in [-0.25, -0.2) is 0 Å². The maximum atomic E-state index is 2.49. The van der Waals surface area contributed by atoms with E-state index in [1.54, 1.807) is 0 Å². The van der Waals surface area contributed by atoms with E-state index < -0.39 is 16.1 Å². The lowest BCUT2D eigenvalue weighted by atomic mass is 9.80. The maximum absolute atomic E-state index is 2.49. The van der Waals surface area contributed by atoms with Crippen LogP contribution in [0.4, 0.5) is 0 Å². The van der Waals surface area contributed by atoms with Crippen molar-refractivity contribution in [3.63, 3.8) is 0 Å². The molecule has 0 unspecified atom stereocenters. The average Bonchev–Trinajstić information content (AvgIpc) is 3.35. The van der Waals surface area contributed by atoms with Crippen molar-refractivity contribution in [2.75, 3.05) is 0 Å². The molecule has 0 nitrogen and oxygen atoms in total. The van der Waals surface area contributed by atoms with Crippen LogP contribution in [-0.2, 0) is 5.41 Å². The van der Waals surface area contributed by atoms with E-state index in [1.165, 1.54) is 98.3 Å². The molecule has 51 heavy (non-hydrogen) atoms. The molecule has 0 fully saturated rings. The summed E-state index contributed by atoms with van der Waals surface area (Å²) in [6, 6.07) is 51.8. The highest BCUT2D eigenvalue weighted by Gasteiger charge is 2.35. The summed E-state index contributed by atoms with van der Waals surface area (Å²) in [5.41, 5.74) is 13.3. The van der Waals surface area contributed by atoms with Gasteiger partial charge in [0.15, 0.2) is 0 Å². The van der Waals surface area contributed by atoms with Gasteiger partial charge < -0.3 is 0 Å². The van der Waals surface area contributed by atoms with Gasteiger partial charge in [-0.15, -0.1) is 0 Å². The summed E-state index contributed by atoms with van der Waals surface area (Å²) in [4.78, 5) is 0. The summed E-state index contributed by atoms with van der Waals surface area (Å²) in [7, 11) is -2.82. The van der Waals surface area contributed by atoms with Crippen LogP contribution in [0.5, 0.6) is 0 Å². The highest BCUT2D eigenvalue weighted by atomic mass is 28.3. The molecule has 0 amide bonds. The Labute approximate surface area is 305 Å². The van der Waals surface area contributed by atoms with E-state index >= 15 is 0 Å². The molecule has 250 valence electrons. The van der Waals surface area contributed by atoms with E-state index in [2.05, 4.69) is 187 Å². The lowest BCUT2D eigenvalue weighted by Gasteiger charge is -2.23. The molecule has 1 aliphatic rings. The molecule has 0 saturated carbocycles. The third-order valence-corrected chi connectivity index (χ3v) is 15.9. The Morgan fingerprint density at radius 1 is 0.373 bits per heavy atom. The summed E-state index contributed by atoms with van der Waals surface area (Å²) >= 11 is 0. The van der Waals surface area contributed by atoms with Gasteiger partial charge in [0, 0.05) is 5.41 Å². The van der Waals surface area contributed by atoms with Crippen molar-refractivity contribution in [2.24, 2.45) is 0 Å². The van der Waals surface area contributed by atoms with Gasteiger partial charge in [0.2, 0.25) is 0 Å². The van der Waals surface area contributed by atoms with Gasteiger partial charge in [-0.1, -0.05) is 185 Å². The Morgan fingerprint density at radius 2 is 0.843 bits per heavy atom. The maximum Gasteiger partial charge on any atom is 0.0775 e. The summed E-state index contributed by atoms with van der Waals surface area (Å²) in [6.07, 6.45) is 0. The molecule has 2 heteroatoms. The third-order valence-electron chi connectivity index (χ3n) is 11.8. The molecule has 0 saturated heterocycles. The monoisotopic (exact) mass is 690 g/mol. The Kier molecular flexibility index (Phi) is 7.01. The van der Waals surface area contributed by atoms with Crippen molar-refractivity contribution in [3.8, 4) is 44.5 Å². The molecule has 0 bridgehead atoms. The van der Waals surface area contributed by atoms with Crippen LogP contribution >= 0.6 is 0 Å². The van der Waals surface area contributed by atoms with Crippen LogP contribution in [0.3, 0.4) is 0 Å². The van der Waals surface area contributed by atoms with Crippen LogP contribution in [0.15, 0.2) is 133 Å². The Hall–Kier alpha value is -4.77. The quantitative estimate of drug-likeness (QED) is 0.125. The van der Waals surface area contributed by atoms with Crippen molar-refractivity contribution in [1.29, 1.82) is 0 Å². The third kappa shape index (κ3) is 4.98. The molecule has 0 aliphatic heterocycles. The van der Waals surface area contributed by atoms with Crippen molar-refractivity contribution >= 4 is 58.8 Å². The minimum atomic E-state index is -1.43. The van der Waals surface area contributed by atoms with E-state index in [0.717, 1.165) is 0 Å².